The van der Waals surface area contributed by atoms with Gasteiger partial charge in [-0.2, -0.15) is 0 Å². The molecule has 16 rings (SSSR count). The van der Waals surface area contributed by atoms with Gasteiger partial charge in [0.05, 0.1) is 49.7 Å². The van der Waals surface area contributed by atoms with E-state index in [1.807, 2.05) is 163 Å². The average Bonchev–Trinajstić information content (AvgIpc) is 1.69. The fraction of sp³-hybridized carbons (Fsp3) is 0. The molecule has 14 aromatic rings. The number of para-hydroxylation sites is 4. The second-order valence-electron chi connectivity index (χ2n) is 19.3. The lowest BCUT2D eigenvalue weighted by Gasteiger charge is -2.44. The number of aromatic nitrogens is 2. The highest BCUT2D eigenvalue weighted by Gasteiger charge is 2.44. The van der Waals surface area contributed by atoms with Gasteiger partial charge in [0.1, 0.15) is 0 Å². The van der Waals surface area contributed by atoms with Crippen LogP contribution in [0.1, 0.15) is 21.9 Å². The molecule has 0 fully saturated rings. The Balaban J connectivity index is 1.08. The lowest BCUT2D eigenvalue weighted by Crippen LogP contribution is -2.61. The van der Waals surface area contributed by atoms with Crippen LogP contribution in [0.2, 0.25) is 0 Å². The largest absolute Gasteiger partial charge is 0.311 e. The van der Waals surface area contributed by atoms with Crippen molar-refractivity contribution in [2.45, 2.75) is 0 Å². The van der Waals surface area contributed by atoms with E-state index in [-0.39, 0.29) is 55.0 Å². The Bertz CT molecular complexity index is 5440. The van der Waals surface area contributed by atoms with Gasteiger partial charge in [-0.05, 0) is 129 Å². The van der Waals surface area contributed by atoms with Crippen molar-refractivity contribution >= 4 is 101 Å². The van der Waals surface area contributed by atoms with Crippen LogP contribution in [0, 0.1) is 0 Å². The summed E-state index contributed by atoms with van der Waals surface area (Å²) in [5, 5.41) is -0.348. The number of anilines is 6. The summed E-state index contributed by atoms with van der Waals surface area (Å²) in [4.78, 5) is 4.21. The molecule has 4 heterocycles. The van der Waals surface area contributed by atoms with Crippen molar-refractivity contribution in [3.05, 3.63) is 285 Å². The molecule has 77 heavy (non-hydrogen) atoms. The summed E-state index contributed by atoms with van der Waals surface area (Å²) in [6.07, 6.45) is 0. The van der Waals surface area contributed by atoms with E-state index in [9.17, 15) is 11.0 Å². The second kappa shape index (κ2) is 17.2. The highest BCUT2D eigenvalue weighted by Crippen LogP contribution is 2.48. The quantitative estimate of drug-likeness (QED) is 0.148. The molecule has 0 radical (unpaired) electrons. The minimum Gasteiger partial charge on any atom is -0.311 e. The fourth-order valence-corrected chi connectivity index (χ4v) is 11.8. The van der Waals surface area contributed by atoms with Crippen LogP contribution in [0.4, 0.5) is 34.1 Å². The first-order valence-electron chi connectivity index (χ1n) is 33.3. The van der Waals surface area contributed by atoms with Crippen LogP contribution >= 0.6 is 0 Å². The highest BCUT2D eigenvalue weighted by atomic mass is 15.2. The third kappa shape index (κ3) is 6.74. The third-order valence-corrected chi connectivity index (χ3v) is 15.2. The zero-order valence-corrected chi connectivity index (χ0v) is 40.8. The molecule has 0 N–H and O–H groups in total. The van der Waals surface area contributed by atoms with Gasteiger partial charge in [-0.15, -0.1) is 0 Å². The summed E-state index contributed by atoms with van der Waals surface area (Å²) in [5.74, 6) is 0. The predicted octanol–water partition coefficient (Wildman–Crippen LogP) is 17.0. The number of rotatable bonds is 7. The van der Waals surface area contributed by atoms with Gasteiger partial charge in [-0.3, -0.25) is 0 Å². The van der Waals surface area contributed by atoms with Crippen molar-refractivity contribution in [2.75, 3.05) is 9.80 Å². The highest BCUT2D eigenvalue weighted by molar-refractivity contribution is 7.00. The van der Waals surface area contributed by atoms with Gasteiger partial charge in [0.2, 0.25) is 0 Å². The monoisotopic (exact) mass is 994 g/mol. The van der Waals surface area contributed by atoms with Crippen molar-refractivity contribution in [3.63, 3.8) is 0 Å². The molecular formula is C72H47BN4. The Morgan fingerprint density at radius 2 is 0.636 bits per heavy atom. The lowest BCUT2D eigenvalue weighted by atomic mass is 9.33. The molecule has 5 heteroatoms. The third-order valence-electron chi connectivity index (χ3n) is 15.2. The average molecular weight is 995 g/mol. The van der Waals surface area contributed by atoms with E-state index in [4.69, 9.17) is 11.0 Å². The molecule has 0 spiro atoms. The van der Waals surface area contributed by atoms with Crippen molar-refractivity contribution in [3.8, 4) is 44.8 Å². The minimum atomic E-state index is -0.646. The molecule has 0 aliphatic carbocycles. The molecule has 0 saturated carbocycles. The lowest BCUT2D eigenvalue weighted by molar-refractivity contribution is 1.15. The Morgan fingerprint density at radius 3 is 1.10 bits per heavy atom. The molecule has 2 aromatic heterocycles. The van der Waals surface area contributed by atoms with E-state index in [1.165, 1.54) is 9.13 Å². The number of nitrogens with zero attached hydrogens (tertiary/aromatic N) is 4. The molecule has 12 aromatic carbocycles. The van der Waals surface area contributed by atoms with Gasteiger partial charge in [0, 0.05) is 61.4 Å². The Kier molecular flexibility index (Phi) is 6.79. The van der Waals surface area contributed by atoms with Crippen molar-refractivity contribution in [2.24, 2.45) is 0 Å². The smallest absolute Gasteiger partial charge is 0.252 e. The van der Waals surface area contributed by atoms with Crippen LogP contribution in [0.5, 0.6) is 0 Å². The molecule has 2 aliphatic rings. The number of hydrogen-bond donors (Lipinski definition) is 0. The molecule has 0 unspecified atom stereocenters. The first kappa shape index (κ1) is 30.3. The van der Waals surface area contributed by atoms with Crippen LogP contribution < -0.4 is 26.2 Å². The van der Waals surface area contributed by atoms with Crippen molar-refractivity contribution in [1.82, 2.24) is 9.13 Å². The Hall–Kier alpha value is -10.1. The molecule has 0 atom stereocenters. The first-order chi connectivity index (χ1) is 44.9. The molecule has 2 aliphatic heterocycles. The van der Waals surface area contributed by atoms with E-state index in [2.05, 4.69) is 35.2 Å². The van der Waals surface area contributed by atoms with E-state index in [0.717, 1.165) is 61.1 Å². The zero-order chi connectivity index (χ0) is 64.5. The molecular weight excluding hydrogens is 932 g/mol. The van der Waals surface area contributed by atoms with Gasteiger partial charge in [0.15, 0.2) is 0 Å². The van der Waals surface area contributed by atoms with Gasteiger partial charge < -0.3 is 18.9 Å². The molecule has 0 saturated heterocycles. The number of fused-ring (bicyclic) bond motifs is 10. The van der Waals surface area contributed by atoms with Crippen molar-refractivity contribution < 1.29 is 21.9 Å². The summed E-state index contributed by atoms with van der Waals surface area (Å²) in [6.45, 7) is -0.646. The van der Waals surface area contributed by atoms with Crippen LogP contribution in [0.3, 0.4) is 0 Å². The maximum atomic E-state index is 9.71. The van der Waals surface area contributed by atoms with E-state index >= 15 is 0 Å². The van der Waals surface area contributed by atoms with Crippen LogP contribution in [-0.4, -0.2) is 15.8 Å². The maximum absolute atomic E-state index is 9.71. The van der Waals surface area contributed by atoms with Gasteiger partial charge in [-0.1, -0.05) is 206 Å². The molecule has 0 bridgehead atoms. The molecule has 358 valence electrons. The van der Waals surface area contributed by atoms with E-state index in [0.29, 0.717) is 22.7 Å². The van der Waals surface area contributed by atoms with E-state index in [1.54, 1.807) is 0 Å². The standard InChI is InChI=1S/C72H47BN4/c1-4-18-48(19-5-1)51-32-37-54(38-33-51)74-68-43-36-53(50-22-8-3-9-23-50)44-63(68)73-62-42-41-56(76-64-28-14-10-24-58(64)59-25-11-15-29-65(59)76)45-69(62)75(55-39-34-52(35-40-55)49-20-6-2-7-21-49)71-47-57(46-70(74)72(71)73)77-66-30-16-12-26-60(66)61-27-13-17-31-67(61)77/h1-47H/i10D,11D,12D,13D,14D,15D,16D,17D,24D,25D,26D,27D,28D,29D,30D,31D. The van der Waals surface area contributed by atoms with Crippen LogP contribution in [0.25, 0.3) is 88.4 Å². The first-order valence-corrected chi connectivity index (χ1v) is 25.3. The summed E-state index contributed by atoms with van der Waals surface area (Å²) >= 11 is 0. The van der Waals surface area contributed by atoms with Gasteiger partial charge in [-0.25, -0.2) is 0 Å². The minimum absolute atomic E-state index is 0.0626. The normalized spacial score (nSPS) is 15.5. The Morgan fingerprint density at radius 1 is 0.273 bits per heavy atom. The summed E-state index contributed by atoms with van der Waals surface area (Å²) < 4.78 is 151. The summed E-state index contributed by atoms with van der Waals surface area (Å²) in [7, 11) is 0. The molecule has 4 nitrogen and oxygen atoms in total. The van der Waals surface area contributed by atoms with Crippen molar-refractivity contribution in [1.29, 1.82) is 0 Å². The second-order valence-corrected chi connectivity index (χ2v) is 19.3. The Labute approximate surface area is 469 Å². The molecule has 0 amide bonds. The fourth-order valence-electron chi connectivity index (χ4n) is 11.8. The summed E-state index contributed by atoms with van der Waals surface area (Å²) in [6, 6.07) is 53.4. The van der Waals surface area contributed by atoms with Crippen LogP contribution in [0.15, 0.2) is 285 Å². The SMILES string of the molecule is [2H]c1c([2H])c([2H])c2c(c1[2H])c1c([2H])c([2H])c([2H])c([2H])c1n2-c1ccc2c(c1)N(c1ccc(-c3ccccc3)cc1)c1cc(-n3c4c([2H])c([2H])c([2H])c([2H])c4c4c([2H])c([2H])c([2H])c([2H])c43)cc3c1B2c1cc(-c2ccccc2)ccc1N3c1ccc(-c2ccccc2)cc1. The zero-order valence-electron chi connectivity index (χ0n) is 56.8. The van der Waals surface area contributed by atoms with E-state index < -0.39 is 103 Å². The maximum Gasteiger partial charge on any atom is 0.252 e. The number of hydrogen-bond acceptors (Lipinski definition) is 2. The van der Waals surface area contributed by atoms with Gasteiger partial charge >= 0.3 is 0 Å². The number of benzene rings is 12. The summed E-state index contributed by atoms with van der Waals surface area (Å²) in [5.41, 5.74) is 12.2. The van der Waals surface area contributed by atoms with Crippen LogP contribution in [-0.2, 0) is 0 Å². The predicted molar refractivity (Wildman–Crippen MR) is 325 cm³/mol. The topological polar surface area (TPSA) is 16.3 Å². The van der Waals surface area contributed by atoms with Gasteiger partial charge in [0.25, 0.3) is 6.71 Å².